The number of carbonyl (C=O) groups excluding carboxylic acids is 2. The van der Waals surface area contributed by atoms with E-state index in [1.807, 2.05) is 0 Å². The number of halogens is 1. The van der Waals surface area contributed by atoms with E-state index in [0.29, 0.717) is 45.6 Å². The Labute approximate surface area is 181 Å². The van der Waals surface area contributed by atoms with Crippen molar-refractivity contribution in [3.63, 3.8) is 0 Å². The normalized spacial score (nSPS) is 18.7. The van der Waals surface area contributed by atoms with Crippen molar-refractivity contribution in [3.8, 4) is 5.75 Å². The van der Waals surface area contributed by atoms with E-state index in [4.69, 9.17) is 9.47 Å². The van der Waals surface area contributed by atoms with Crippen LogP contribution < -0.4 is 4.74 Å². The van der Waals surface area contributed by atoms with E-state index in [0.717, 1.165) is 12.1 Å². The number of hydrogen-bond acceptors (Lipinski definition) is 6. The third-order valence-electron chi connectivity index (χ3n) is 5.66. The second-order valence-corrected chi connectivity index (χ2v) is 9.39. The molecule has 172 valence electrons. The Morgan fingerprint density at radius 3 is 2.26 bits per heavy atom. The molecule has 0 radical (unpaired) electrons. The second-order valence-electron chi connectivity index (χ2n) is 7.48. The molecule has 2 fully saturated rings. The summed E-state index contributed by atoms with van der Waals surface area (Å²) in [6, 6.07) is 3.38. The summed E-state index contributed by atoms with van der Waals surface area (Å²) in [6.45, 7) is 4.07. The minimum atomic E-state index is -3.94. The Kier molecular flexibility index (Phi) is 7.37. The molecule has 0 bridgehead atoms. The number of ether oxygens (including phenoxy) is 2. The lowest BCUT2D eigenvalue weighted by Gasteiger charge is -2.38. The van der Waals surface area contributed by atoms with Gasteiger partial charge in [-0.2, -0.15) is 4.31 Å². The average Bonchev–Trinajstić information content (AvgIpc) is 2.79. The highest BCUT2D eigenvalue weighted by Crippen LogP contribution is 2.31. The quantitative estimate of drug-likeness (QED) is 0.666. The van der Waals surface area contributed by atoms with E-state index in [1.165, 1.54) is 17.5 Å². The molecular formula is C20H28FN3O6S. The zero-order chi connectivity index (χ0) is 22.6. The number of methoxy groups -OCH3 is 1. The summed E-state index contributed by atoms with van der Waals surface area (Å²) in [5.74, 6) is -0.885. The second kappa shape index (κ2) is 9.82. The summed E-state index contributed by atoms with van der Waals surface area (Å²) in [6.07, 6.45) is 0.391. The van der Waals surface area contributed by atoms with E-state index < -0.39 is 15.8 Å². The minimum Gasteiger partial charge on any atom is -0.495 e. The lowest BCUT2D eigenvalue weighted by Crippen LogP contribution is -2.53. The molecule has 2 saturated heterocycles. The van der Waals surface area contributed by atoms with Crippen LogP contribution in [0.3, 0.4) is 0 Å². The summed E-state index contributed by atoms with van der Waals surface area (Å²) in [5.41, 5.74) is 0. The van der Waals surface area contributed by atoms with Crippen LogP contribution in [0.1, 0.15) is 19.8 Å². The van der Waals surface area contributed by atoms with E-state index in [1.54, 1.807) is 16.7 Å². The molecule has 0 atom stereocenters. The highest BCUT2D eigenvalue weighted by Gasteiger charge is 2.36. The predicted octanol–water partition coefficient (Wildman–Crippen LogP) is 1.54. The number of sulfonamides is 1. The number of piperidine rings is 1. The first kappa shape index (κ1) is 23.3. The molecule has 1 aromatic rings. The van der Waals surface area contributed by atoms with Gasteiger partial charge in [-0.25, -0.2) is 17.6 Å². The maximum atomic E-state index is 13.7. The molecule has 0 saturated carbocycles. The van der Waals surface area contributed by atoms with Crippen LogP contribution in [-0.4, -0.2) is 87.5 Å². The van der Waals surface area contributed by atoms with Crippen LogP contribution in [0, 0.1) is 11.7 Å². The predicted molar refractivity (Wildman–Crippen MR) is 110 cm³/mol. The zero-order valence-electron chi connectivity index (χ0n) is 17.8. The van der Waals surface area contributed by atoms with Gasteiger partial charge in [-0.1, -0.05) is 0 Å². The lowest BCUT2D eigenvalue weighted by molar-refractivity contribution is -0.138. The number of benzene rings is 1. The van der Waals surface area contributed by atoms with Gasteiger partial charge in [0.15, 0.2) is 0 Å². The van der Waals surface area contributed by atoms with Crippen molar-refractivity contribution in [2.24, 2.45) is 5.92 Å². The standard InChI is InChI=1S/C20H28FN3O6S/c1-3-30-20(26)23-12-10-22(11-13-23)19(25)15-6-8-24(9-7-15)31(27,28)18-14-16(21)4-5-17(18)29-2/h4-5,14-15H,3,6-13H2,1-2H3. The van der Waals surface area contributed by atoms with E-state index in [-0.39, 0.29) is 41.7 Å². The van der Waals surface area contributed by atoms with Crippen molar-refractivity contribution in [3.05, 3.63) is 24.0 Å². The van der Waals surface area contributed by atoms with Gasteiger partial charge in [-0.3, -0.25) is 4.79 Å². The SMILES string of the molecule is CCOC(=O)N1CCN(C(=O)C2CCN(S(=O)(=O)c3cc(F)ccc3OC)CC2)CC1. The van der Waals surface area contributed by atoms with Crippen molar-refractivity contribution < 1.29 is 31.9 Å². The third kappa shape index (κ3) is 5.09. The molecule has 0 aromatic heterocycles. The van der Waals surface area contributed by atoms with Gasteiger partial charge in [0.1, 0.15) is 16.5 Å². The first-order valence-electron chi connectivity index (χ1n) is 10.3. The third-order valence-corrected chi connectivity index (χ3v) is 7.58. The Hall–Kier alpha value is -2.40. The van der Waals surface area contributed by atoms with Gasteiger partial charge in [0.25, 0.3) is 0 Å². The molecule has 0 unspecified atom stereocenters. The van der Waals surface area contributed by atoms with Crippen LogP contribution in [0.25, 0.3) is 0 Å². The Morgan fingerprint density at radius 1 is 1.06 bits per heavy atom. The fraction of sp³-hybridized carbons (Fsp3) is 0.600. The lowest BCUT2D eigenvalue weighted by atomic mass is 9.96. The van der Waals surface area contributed by atoms with Crippen LogP contribution in [0.2, 0.25) is 0 Å². The molecule has 2 aliphatic heterocycles. The van der Waals surface area contributed by atoms with E-state index in [2.05, 4.69) is 0 Å². The summed E-state index contributed by atoms with van der Waals surface area (Å²) in [5, 5.41) is 0. The monoisotopic (exact) mass is 457 g/mol. The molecule has 0 spiro atoms. The summed E-state index contributed by atoms with van der Waals surface area (Å²) < 4.78 is 51.0. The number of piperazine rings is 1. The smallest absolute Gasteiger partial charge is 0.409 e. The highest BCUT2D eigenvalue weighted by atomic mass is 32.2. The fourth-order valence-corrected chi connectivity index (χ4v) is 5.55. The van der Waals surface area contributed by atoms with Crippen LogP contribution in [-0.2, 0) is 19.6 Å². The number of nitrogens with zero attached hydrogens (tertiary/aromatic N) is 3. The number of rotatable bonds is 5. The minimum absolute atomic E-state index is 0.0242. The van der Waals surface area contributed by atoms with Crippen molar-refractivity contribution in [1.29, 1.82) is 0 Å². The van der Waals surface area contributed by atoms with E-state index >= 15 is 0 Å². The zero-order valence-corrected chi connectivity index (χ0v) is 18.6. The number of carbonyl (C=O) groups is 2. The Balaban J connectivity index is 1.58. The van der Waals surface area contributed by atoms with Crippen LogP contribution in [0.5, 0.6) is 5.75 Å². The van der Waals surface area contributed by atoms with Crippen LogP contribution >= 0.6 is 0 Å². The first-order chi connectivity index (χ1) is 14.8. The molecule has 2 amide bonds. The topological polar surface area (TPSA) is 96.5 Å². The fourth-order valence-electron chi connectivity index (χ4n) is 3.92. The molecule has 2 aliphatic rings. The Bertz CT molecular complexity index is 909. The van der Waals surface area contributed by atoms with Crippen molar-refractivity contribution in [2.45, 2.75) is 24.7 Å². The molecule has 3 rings (SSSR count). The van der Waals surface area contributed by atoms with Gasteiger partial charge in [-0.05, 0) is 38.0 Å². The van der Waals surface area contributed by atoms with E-state index in [9.17, 15) is 22.4 Å². The number of amides is 2. The molecular weight excluding hydrogens is 429 g/mol. The summed E-state index contributed by atoms with van der Waals surface area (Å²) in [7, 11) is -2.61. The molecule has 0 aliphatic carbocycles. The molecule has 9 nitrogen and oxygen atoms in total. The van der Waals surface area contributed by atoms with Crippen molar-refractivity contribution >= 4 is 22.0 Å². The Morgan fingerprint density at radius 2 is 1.68 bits per heavy atom. The van der Waals surface area contributed by atoms with Crippen molar-refractivity contribution in [1.82, 2.24) is 14.1 Å². The molecule has 0 N–H and O–H groups in total. The molecule has 31 heavy (non-hydrogen) atoms. The molecule has 2 heterocycles. The average molecular weight is 458 g/mol. The van der Waals surface area contributed by atoms with Crippen LogP contribution in [0.15, 0.2) is 23.1 Å². The number of hydrogen-bond donors (Lipinski definition) is 0. The largest absolute Gasteiger partial charge is 0.495 e. The van der Waals surface area contributed by atoms with Crippen LogP contribution in [0.4, 0.5) is 9.18 Å². The van der Waals surface area contributed by atoms with Gasteiger partial charge in [0, 0.05) is 45.2 Å². The molecule has 11 heteroatoms. The summed E-state index contributed by atoms with van der Waals surface area (Å²) >= 11 is 0. The summed E-state index contributed by atoms with van der Waals surface area (Å²) in [4.78, 5) is 27.8. The van der Waals surface area contributed by atoms with Crippen molar-refractivity contribution in [2.75, 3.05) is 53.0 Å². The highest BCUT2D eigenvalue weighted by molar-refractivity contribution is 7.89. The van der Waals surface area contributed by atoms with Gasteiger partial charge in [0.05, 0.1) is 13.7 Å². The van der Waals surface area contributed by atoms with Gasteiger partial charge < -0.3 is 19.3 Å². The van der Waals surface area contributed by atoms with Gasteiger partial charge in [0.2, 0.25) is 15.9 Å². The maximum absolute atomic E-state index is 13.7. The maximum Gasteiger partial charge on any atom is 0.409 e. The molecule has 1 aromatic carbocycles. The van der Waals surface area contributed by atoms with Gasteiger partial charge >= 0.3 is 6.09 Å². The first-order valence-corrected chi connectivity index (χ1v) is 11.8. The van der Waals surface area contributed by atoms with Gasteiger partial charge in [-0.15, -0.1) is 0 Å².